The standard InChI is InChI=1S/C17H23N5O/c1-12(2)16(23)22(5)11-15-14(13-6-8-18-9-7-13)10-19-17(20-15)21(3)4/h6-10,12H,11H2,1-5H3. The van der Waals surface area contributed by atoms with Crippen LogP contribution in [0.4, 0.5) is 5.95 Å². The first-order chi connectivity index (χ1) is 10.9. The minimum atomic E-state index is -0.0421. The van der Waals surface area contributed by atoms with Gasteiger partial charge in [-0.25, -0.2) is 9.97 Å². The van der Waals surface area contributed by atoms with Crippen LogP contribution in [0, 0.1) is 5.92 Å². The fourth-order valence-electron chi connectivity index (χ4n) is 2.26. The third-order valence-corrected chi connectivity index (χ3v) is 3.50. The van der Waals surface area contributed by atoms with E-state index in [0.717, 1.165) is 16.8 Å². The van der Waals surface area contributed by atoms with E-state index in [1.165, 1.54) is 0 Å². The molecule has 0 fully saturated rings. The van der Waals surface area contributed by atoms with Gasteiger partial charge in [0.25, 0.3) is 0 Å². The smallest absolute Gasteiger partial charge is 0.225 e. The zero-order chi connectivity index (χ0) is 17.0. The molecular weight excluding hydrogens is 290 g/mol. The lowest BCUT2D eigenvalue weighted by atomic mass is 10.1. The largest absolute Gasteiger partial charge is 0.347 e. The van der Waals surface area contributed by atoms with Crippen molar-refractivity contribution >= 4 is 11.9 Å². The number of amides is 1. The van der Waals surface area contributed by atoms with Crippen LogP contribution < -0.4 is 4.90 Å². The van der Waals surface area contributed by atoms with Crippen molar-refractivity contribution in [3.63, 3.8) is 0 Å². The highest BCUT2D eigenvalue weighted by atomic mass is 16.2. The zero-order valence-corrected chi connectivity index (χ0v) is 14.3. The second-order valence-corrected chi connectivity index (χ2v) is 6.01. The Kier molecular flexibility index (Phi) is 5.26. The third kappa shape index (κ3) is 4.03. The molecule has 1 amide bonds. The SMILES string of the molecule is CC(C)C(=O)N(C)Cc1nc(N(C)C)ncc1-c1ccncc1. The number of carbonyl (C=O) groups is 1. The predicted octanol–water partition coefficient (Wildman–Crippen LogP) is 2.22. The topological polar surface area (TPSA) is 62.2 Å². The van der Waals surface area contributed by atoms with E-state index in [4.69, 9.17) is 0 Å². The highest BCUT2D eigenvalue weighted by Crippen LogP contribution is 2.24. The van der Waals surface area contributed by atoms with Gasteiger partial charge in [-0.1, -0.05) is 13.8 Å². The Labute approximate surface area is 137 Å². The van der Waals surface area contributed by atoms with Crippen molar-refractivity contribution < 1.29 is 4.79 Å². The molecule has 122 valence electrons. The van der Waals surface area contributed by atoms with Gasteiger partial charge >= 0.3 is 0 Å². The Hall–Kier alpha value is -2.50. The lowest BCUT2D eigenvalue weighted by Gasteiger charge is -2.21. The summed E-state index contributed by atoms with van der Waals surface area (Å²) >= 11 is 0. The first kappa shape index (κ1) is 16.9. The van der Waals surface area contributed by atoms with Gasteiger partial charge in [0.05, 0.1) is 12.2 Å². The van der Waals surface area contributed by atoms with Crippen molar-refractivity contribution in [3.05, 3.63) is 36.4 Å². The summed E-state index contributed by atoms with van der Waals surface area (Å²) < 4.78 is 0. The molecule has 0 N–H and O–H groups in total. The second kappa shape index (κ2) is 7.17. The molecule has 0 aliphatic rings. The van der Waals surface area contributed by atoms with Gasteiger partial charge in [0, 0.05) is 51.2 Å². The summed E-state index contributed by atoms with van der Waals surface area (Å²) in [6.45, 7) is 4.24. The number of hydrogen-bond acceptors (Lipinski definition) is 5. The Morgan fingerprint density at radius 1 is 1.17 bits per heavy atom. The Balaban J connectivity index is 2.41. The quantitative estimate of drug-likeness (QED) is 0.847. The van der Waals surface area contributed by atoms with Crippen LogP contribution in [0.2, 0.25) is 0 Å². The lowest BCUT2D eigenvalue weighted by Crippen LogP contribution is -2.30. The van der Waals surface area contributed by atoms with Crippen LogP contribution in [-0.2, 0) is 11.3 Å². The molecule has 0 spiro atoms. The van der Waals surface area contributed by atoms with E-state index >= 15 is 0 Å². The Morgan fingerprint density at radius 2 is 1.83 bits per heavy atom. The molecule has 2 heterocycles. The monoisotopic (exact) mass is 313 g/mol. The number of pyridine rings is 1. The molecule has 0 radical (unpaired) electrons. The van der Waals surface area contributed by atoms with Crippen molar-refractivity contribution in [2.75, 3.05) is 26.0 Å². The fraction of sp³-hybridized carbons (Fsp3) is 0.412. The molecule has 2 aromatic rings. The number of rotatable bonds is 5. The lowest BCUT2D eigenvalue weighted by molar-refractivity contribution is -0.133. The molecular formula is C17H23N5O. The van der Waals surface area contributed by atoms with E-state index in [-0.39, 0.29) is 11.8 Å². The van der Waals surface area contributed by atoms with Gasteiger partial charge in [-0.05, 0) is 17.7 Å². The average Bonchev–Trinajstić information content (AvgIpc) is 2.54. The molecule has 0 aliphatic carbocycles. The molecule has 0 saturated carbocycles. The maximum atomic E-state index is 12.2. The number of carbonyl (C=O) groups excluding carboxylic acids is 1. The summed E-state index contributed by atoms with van der Waals surface area (Å²) in [4.78, 5) is 28.8. The number of nitrogens with zero attached hydrogens (tertiary/aromatic N) is 5. The Morgan fingerprint density at radius 3 is 2.39 bits per heavy atom. The van der Waals surface area contributed by atoms with E-state index in [1.807, 2.05) is 45.0 Å². The van der Waals surface area contributed by atoms with E-state index in [0.29, 0.717) is 12.5 Å². The molecule has 0 aromatic carbocycles. The summed E-state index contributed by atoms with van der Waals surface area (Å²) in [7, 11) is 5.60. The maximum absolute atomic E-state index is 12.2. The van der Waals surface area contributed by atoms with Crippen LogP contribution >= 0.6 is 0 Å². The van der Waals surface area contributed by atoms with Crippen LogP contribution in [0.5, 0.6) is 0 Å². The van der Waals surface area contributed by atoms with Crippen LogP contribution in [-0.4, -0.2) is 46.9 Å². The van der Waals surface area contributed by atoms with Crippen LogP contribution in [0.25, 0.3) is 11.1 Å². The molecule has 0 bridgehead atoms. The molecule has 2 aromatic heterocycles. The molecule has 0 unspecified atom stereocenters. The molecule has 0 atom stereocenters. The minimum absolute atomic E-state index is 0.0421. The molecule has 0 aliphatic heterocycles. The molecule has 0 saturated heterocycles. The zero-order valence-electron chi connectivity index (χ0n) is 14.3. The van der Waals surface area contributed by atoms with Gasteiger partial charge in [-0.2, -0.15) is 0 Å². The van der Waals surface area contributed by atoms with Crippen molar-refractivity contribution in [1.29, 1.82) is 0 Å². The normalized spacial score (nSPS) is 10.7. The van der Waals surface area contributed by atoms with Gasteiger partial charge in [0.15, 0.2) is 0 Å². The first-order valence-corrected chi connectivity index (χ1v) is 7.58. The molecule has 2 rings (SSSR count). The maximum Gasteiger partial charge on any atom is 0.225 e. The summed E-state index contributed by atoms with van der Waals surface area (Å²) in [6.07, 6.45) is 5.28. The van der Waals surface area contributed by atoms with Crippen molar-refractivity contribution in [2.45, 2.75) is 20.4 Å². The van der Waals surface area contributed by atoms with Gasteiger partial charge in [0.2, 0.25) is 11.9 Å². The number of hydrogen-bond donors (Lipinski definition) is 0. The Bertz CT molecular complexity index is 670. The molecule has 6 heteroatoms. The summed E-state index contributed by atoms with van der Waals surface area (Å²) in [5.41, 5.74) is 2.73. The minimum Gasteiger partial charge on any atom is -0.347 e. The van der Waals surface area contributed by atoms with Crippen LogP contribution in [0.1, 0.15) is 19.5 Å². The number of anilines is 1. The van der Waals surface area contributed by atoms with Crippen molar-refractivity contribution in [2.24, 2.45) is 5.92 Å². The highest BCUT2D eigenvalue weighted by Gasteiger charge is 2.17. The molecule has 6 nitrogen and oxygen atoms in total. The highest BCUT2D eigenvalue weighted by molar-refractivity contribution is 5.78. The fourth-order valence-corrected chi connectivity index (χ4v) is 2.26. The third-order valence-electron chi connectivity index (χ3n) is 3.50. The van der Waals surface area contributed by atoms with Gasteiger partial charge in [-0.15, -0.1) is 0 Å². The van der Waals surface area contributed by atoms with E-state index in [2.05, 4.69) is 15.0 Å². The van der Waals surface area contributed by atoms with E-state index in [9.17, 15) is 4.79 Å². The second-order valence-electron chi connectivity index (χ2n) is 6.01. The summed E-state index contributed by atoms with van der Waals surface area (Å²) in [5.74, 6) is 0.679. The first-order valence-electron chi connectivity index (χ1n) is 7.58. The predicted molar refractivity (Wildman–Crippen MR) is 90.9 cm³/mol. The van der Waals surface area contributed by atoms with E-state index in [1.54, 1.807) is 30.5 Å². The number of aromatic nitrogens is 3. The van der Waals surface area contributed by atoms with Crippen molar-refractivity contribution in [1.82, 2.24) is 19.9 Å². The van der Waals surface area contributed by atoms with Crippen LogP contribution in [0.15, 0.2) is 30.7 Å². The average molecular weight is 313 g/mol. The summed E-state index contributed by atoms with van der Waals surface area (Å²) in [5, 5.41) is 0. The molecule has 23 heavy (non-hydrogen) atoms. The van der Waals surface area contributed by atoms with Gasteiger partial charge < -0.3 is 9.80 Å². The van der Waals surface area contributed by atoms with Gasteiger partial charge in [-0.3, -0.25) is 9.78 Å². The van der Waals surface area contributed by atoms with Crippen LogP contribution in [0.3, 0.4) is 0 Å². The van der Waals surface area contributed by atoms with Crippen molar-refractivity contribution in [3.8, 4) is 11.1 Å². The van der Waals surface area contributed by atoms with E-state index < -0.39 is 0 Å². The van der Waals surface area contributed by atoms with Gasteiger partial charge in [0.1, 0.15) is 0 Å². The summed E-state index contributed by atoms with van der Waals surface area (Å²) in [6, 6.07) is 3.84.